The molecule has 0 bridgehead atoms. The van der Waals surface area contributed by atoms with Crippen molar-refractivity contribution in [3.05, 3.63) is 23.9 Å². The molecule has 2 aliphatic rings. The predicted molar refractivity (Wildman–Crippen MR) is 70.0 cm³/mol. The van der Waals surface area contributed by atoms with Crippen molar-refractivity contribution < 1.29 is 17.9 Å². The van der Waals surface area contributed by atoms with Crippen molar-refractivity contribution >= 4 is 21.8 Å². The number of nitrogens with one attached hydrogen (secondary N) is 1. The smallest absolute Gasteiger partial charge is 0.256 e. The predicted octanol–water partition coefficient (Wildman–Crippen LogP) is -0.753. The van der Waals surface area contributed by atoms with Gasteiger partial charge in [-0.1, -0.05) is 0 Å². The Morgan fingerprint density at radius 1 is 1.53 bits per heavy atom. The number of amidine groups is 1. The van der Waals surface area contributed by atoms with Gasteiger partial charge in [0.25, 0.3) is 15.9 Å². The van der Waals surface area contributed by atoms with Crippen LogP contribution in [0.25, 0.3) is 0 Å². The van der Waals surface area contributed by atoms with Crippen LogP contribution < -0.4 is 5.32 Å². The molecule has 0 radical (unpaired) electrons. The van der Waals surface area contributed by atoms with Crippen LogP contribution in [-0.4, -0.2) is 57.6 Å². The van der Waals surface area contributed by atoms with Gasteiger partial charge >= 0.3 is 0 Å². The Morgan fingerprint density at radius 3 is 3.05 bits per heavy atom. The minimum atomic E-state index is -3.36. The molecular weight excluding hydrogens is 270 g/mol. The molecule has 0 aliphatic carbocycles. The first-order valence-electron chi connectivity index (χ1n) is 5.78. The summed E-state index contributed by atoms with van der Waals surface area (Å²) >= 11 is 0. The number of nitrogens with zero attached hydrogens (tertiary/aromatic N) is 2. The molecule has 19 heavy (non-hydrogen) atoms. The lowest BCUT2D eigenvalue weighted by molar-refractivity contribution is -0.117. The quantitative estimate of drug-likeness (QED) is 0.686. The molecule has 2 aliphatic heterocycles. The minimum absolute atomic E-state index is 0.0422. The number of carbonyl (C=O) groups excluding carboxylic acids is 1. The molecule has 0 saturated heterocycles. The summed E-state index contributed by atoms with van der Waals surface area (Å²) in [6.07, 6.45) is 4.69. The molecule has 2 heterocycles. The van der Waals surface area contributed by atoms with Crippen LogP contribution in [0.3, 0.4) is 0 Å². The molecule has 1 amide bonds. The molecule has 8 heteroatoms. The van der Waals surface area contributed by atoms with E-state index in [9.17, 15) is 13.2 Å². The molecular formula is C11H15N3O4S. The molecule has 0 saturated carbocycles. The lowest BCUT2D eigenvalue weighted by atomic mass is 10.2. The van der Waals surface area contributed by atoms with E-state index in [2.05, 4.69) is 9.71 Å². The maximum Gasteiger partial charge on any atom is 0.256 e. The largest absolute Gasteiger partial charge is 0.383 e. The van der Waals surface area contributed by atoms with Crippen molar-refractivity contribution in [2.75, 3.05) is 32.6 Å². The maximum absolute atomic E-state index is 11.8. The normalized spacial score (nSPS) is 20.4. The van der Waals surface area contributed by atoms with Crippen LogP contribution in [0.2, 0.25) is 0 Å². The number of hydrogen-bond acceptors (Lipinski definition) is 5. The van der Waals surface area contributed by atoms with Crippen LogP contribution in [-0.2, 0) is 19.6 Å². The zero-order valence-electron chi connectivity index (χ0n) is 10.5. The molecule has 104 valence electrons. The molecule has 0 spiro atoms. The van der Waals surface area contributed by atoms with Crippen LogP contribution in [0.1, 0.15) is 0 Å². The zero-order chi connectivity index (χ0) is 13.9. The summed E-state index contributed by atoms with van der Waals surface area (Å²) in [6.45, 7) is 1.17. The molecule has 1 N–H and O–H groups in total. The number of methoxy groups -OCH3 is 1. The summed E-state index contributed by atoms with van der Waals surface area (Å²) in [5, 5.41) is 2.70. The zero-order valence-corrected chi connectivity index (χ0v) is 11.3. The van der Waals surface area contributed by atoms with Crippen LogP contribution in [0, 0.1) is 0 Å². The van der Waals surface area contributed by atoms with E-state index in [1.165, 1.54) is 6.08 Å². The second kappa shape index (κ2) is 5.54. The molecule has 0 aromatic heterocycles. The summed E-state index contributed by atoms with van der Waals surface area (Å²) in [4.78, 5) is 13.5. The molecule has 0 unspecified atom stereocenters. The first kappa shape index (κ1) is 13.8. The van der Waals surface area contributed by atoms with Gasteiger partial charge in [-0.15, -0.1) is 4.40 Å². The van der Waals surface area contributed by atoms with Gasteiger partial charge in [-0.05, 0) is 12.2 Å². The fraction of sp³-hybridized carbons (Fsp3) is 0.455. The van der Waals surface area contributed by atoms with E-state index in [1.807, 2.05) is 0 Å². The van der Waals surface area contributed by atoms with Crippen molar-refractivity contribution in [3.8, 4) is 0 Å². The fourth-order valence-corrected chi connectivity index (χ4v) is 2.67. The van der Waals surface area contributed by atoms with Crippen molar-refractivity contribution in [2.45, 2.75) is 0 Å². The van der Waals surface area contributed by atoms with Crippen molar-refractivity contribution in [3.63, 3.8) is 0 Å². The topological polar surface area (TPSA) is 88.1 Å². The van der Waals surface area contributed by atoms with Crippen LogP contribution in [0.15, 0.2) is 28.3 Å². The summed E-state index contributed by atoms with van der Waals surface area (Å²) in [6, 6.07) is 0. The minimum Gasteiger partial charge on any atom is -0.383 e. The number of rotatable bonds is 4. The van der Waals surface area contributed by atoms with Gasteiger partial charge in [-0.25, -0.2) is 8.42 Å². The summed E-state index contributed by atoms with van der Waals surface area (Å²) in [5.74, 6) is 0.0832. The second-order valence-electron chi connectivity index (χ2n) is 4.10. The highest BCUT2D eigenvalue weighted by molar-refractivity contribution is 7.90. The van der Waals surface area contributed by atoms with Gasteiger partial charge in [-0.3, -0.25) is 4.79 Å². The Hall–Kier alpha value is -1.67. The highest BCUT2D eigenvalue weighted by atomic mass is 32.2. The van der Waals surface area contributed by atoms with E-state index in [4.69, 9.17) is 4.74 Å². The van der Waals surface area contributed by atoms with Crippen LogP contribution >= 0.6 is 0 Å². The van der Waals surface area contributed by atoms with Crippen molar-refractivity contribution in [1.29, 1.82) is 0 Å². The van der Waals surface area contributed by atoms with Crippen LogP contribution in [0.5, 0.6) is 0 Å². The molecule has 0 fully saturated rings. The highest BCUT2D eigenvalue weighted by Gasteiger charge is 2.24. The maximum atomic E-state index is 11.8. The highest BCUT2D eigenvalue weighted by Crippen LogP contribution is 2.15. The number of fused-ring (bicyclic) bond motifs is 1. The Labute approximate surface area is 111 Å². The second-order valence-corrected chi connectivity index (χ2v) is 5.85. The average Bonchev–Trinajstić information content (AvgIpc) is 2.37. The lowest BCUT2D eigenvalue weighted by Gasteiger charge is -2.26. The summed E-state index contributed by atoms with van der Waals surface area (Å²) < 4.78 is 31.1. The molecule has 0 aromatic carbocycles. The monoisotopic (exact) mass is 285 g/mol. The fourth-order valence-electron chi connectivity index (χ4n) is 1.70. The number of carbonyl (C=O) groups is 1. The first-order chi connectivity index (χ1) is 9.02. The molecule has 2 rings (SSSR count). The Bertz CT molecular complexity index is 562. The number of hydrogen-bond donors (Lipinski definition) is 1. The molecule has 7 nitrogen and oxygen atoms in total. The number of amides is 1. The Balaban J connectivity index is 2.06. The van der Waals surface area contributed by atoms with Gasteiger partial charge in [0.1, 0.15) is 5.84 Å². The molecule has 0 atom stereocenters. The third kappa shape index (κ3) is 3.42. The van der Waals surface area contributed by atoms with E-state index in [-0.39, 0.29) is 11.7 Å². The average molecular weight is 285 g/mol. The Morgan fingerprint density at radius 2 is 2.32 bits per heavy atom. The van der Waals surface area contributed by atoms with Crippen molar-refractivity contribution in [1.82, 2.24) is 10.2 Å². The van der Waals surface area contributed by atoms with E-state index in [1.54, 1.807) is 24.3 Å². The summed E-state index contributed by atoms with van der Waals surface area (Å²) in [5.41, 5.74) is 0.467. The lowest BCUT2D eigenvalue weighted by Crippen LogP contribution is -2.38. The molecule has 0 aromatic rings. The van der Waals surface area contributed by atoms with E-state index < -0.39 is 10.0 Å². The van der Waals surface area contributed by atoms with Gasteiger partial charge in [0.05, 0.1) is 17.9 Å². The van der Waals surface area contributed by atoms with Gasteiger partial charge in [-0.2, -0.15) is 0 Å². The van der Waals surface area contributed by atoms with Gasteiger partial charge in [0.15, 0.2) is 0 Å². The number of ether oxygens (including phenoxy) is 1. The standard InChI is InChI=1S/C11H15N3O4S/c1-18-6-4-12-11(15)9-2-3-10-13-19(16,17)7-5-14(10)8-9/h2-3,8H,4-7H2,1H3,(H,12,15). The van der Waals surface area contributed by atoms with Crippen LogP contribution in [0.4, 0.5) is 0 Å². The third-order valence-electron chi connectivity index (χ3n) is 2.68. The first-order valence-corrected chi connectivity index (χ1v) is 7.39. The third-order valence-corrected chi connectivity index (χ3v) is 3.84. The van der Waals surface area contributed by atoms with E-state index in [0.717, 1.165) is 0 Å². The van der Waals surface area contributed by atoms with Gasteiger partial charge in [0, 0.05) is 26.4 Å². The van der Waals surface area contributed by atoms with Gasteiger partial charge in [0.2, 0.25) is 0 Å². The number of sulfonamides is 1. The van der Waals surface area contributed by atoms with Crippen molar-refractivity contribution in [2.24, 2.45) is 4.40 Å². The van der Waals surface area contributed by atoms with E-state index >= 15 is 0 Å². The summed E-state index contributed by atoms with van der Waals surface area (Å²) in [7, 11) is -1.80. The Kier molecular flexibility index (Phi) is 4.01. The van der Waals surface area contributed by atoms with E-state index in [0.29, 0.717) is 31.1 Å². The SMILES string of the molecule is COCCNC(=O)C1=CN2CCS(=O)(=O)N=C2C=C1. The van der Waals surface area contributed by atoms with Gasteiger partial charge < -0.3 is 15.0 Å².